The van der Waals surface area contributed by atoms with Gasteiger partial charge in [-0.3, -0.25) is 20.0 Å². The number of anilines is 1. The van der Waals surface area contributed by atoms with Crippen LogP contribution in [0.5, 0.6) is 0 Å². The molecule has 3 aromatic rings. The number of aromatic amines is 1. The van der Waals surface area contributed by atoms with Gasteiger partial charge in [-0.05, 0) is 31.4 Å². The first-order valence-corrected chi connectivity index (χ1v) is 8.25. The zero-order chi connectivity index (χ0) is 17.2. The summed E-state index contributed by atoms with van der Waals surface area (Å²) in [6, 6.07) is 7.06. The standard InChI is InChI=1S/C16H17N7O2/c24-13(17-16-18-14(20-21-16)10-7-8-10)6-3-9-23-15(25)11-4-1-2-5-12(11)19-22-23/h1-2,4-5,10H,3,6-9H2,(H2,17,18,20,21,24). The molecule has 1 aliphatic rings. The van der Waals surface area contributed by atoms with Gasteiger partial charge in [0.25, 0.3) is 5.56 Å². The van der Waals surface area contributed by atoms with Crippen molar-refractivity contribution in [3.63, 3.8) is 0 Å². The minimum Gasteiger partial charge on any atom is -0.293 e. The van der Waals surface area contributed by atoms with Gasteiger partial charge in [-0.25, -0.2) is 4.68 Å². The quantitative estimate of drug-likeness (QED) is 0.697. The average molecular weight is 339 g/mol. The van der Waals surface area contributed by atoms with Gasteiger partial charge in [0.05, 0.1) is 5.39 Å². The zero-order valence-corrected chi connectivity index (χ0v) is 13.5. The van der Waals surface area contributed by atoms with E-state index in [2.05, 4.69) is 30.8 Å². The van der Waals surface area contributed by atoms with Crippen LogP contribution in [0.25, 0.3) is 10.9 Å². The fourth-order valence-electron chi connectivity index (χ4n) is 2.62. The fraction of sp³-hybridized carbons (Fsp3) is 0.375. The Bertz CT molecular complexity index is 974. The summed E-state index contributed by atoms with van der Waals surface area (Å²) in [5.41, 5.74) is 0.367. The van der Waals surface area contributed by atoms with Crippen LogP contribution in [0, 0.1) is 0 Å². The van der Waals surface area contributed by atoms with Gasteiger partial charge < -0.3 is 0 Å². The van der Waals surface area contributed by atoms with Crippen molar-refractivity contribution in [2.75, 3.05) is 5.32 Å². The topological polar surface area (TPSA) is 118 Å². The molecule has 0 aliphatic heterocycles. The summed E-state index contributed by atoms with van der Waals surface area (Å²) in [6.07, 6.45) is 2.95. The lowest BCUT2D eigenvalue weighted by Gasteiger charge is -2.04. The normalized spacial score (nSPS) is 13.9. The molecule has 2 heterocycles. The van der Waals surface area contributed by atoms with Crippen molar-refractivity contribution in [3.05, 3.63) is 40.4 Å². The van der Waals surface area contributed by atoms with Crippen LogP contribution in [0.15, 0.2) is 29.1 Å². The summed E-state index contributed by atoms with van der Waals surface area (Å²) in [7, 11) is 0. The second-order valence-corrected chi connectivity index (χ2v) is 6.11. The first-order valence-electron chi connectivity index (χ1n) is 8.25. The van der Waals surface area contributed by atoms with E-state index in [1.165, 1.54) is 4.68 Å². The predicted molar refractivity (Wildman–Crippen MR) is 90.0 cm³/mol. The van der Waals surface area contributed by atoms with Crippen LogP contribution in [0.3, 0.4) is 0 Å². The Kier molecular flexibility index (Phi) is 3.96. The number of hydrogen-bond donors (Lipinski definition) is 2. The molecule has 9 heteroatoms. The SMILES string of the molecule is O=C(CCCn1nnc2ccccc2c1=O)Nc1n[nH]c(C2CC2)n1. The lowest BCUT2D eigenvalue weighted by Crippen LogP contribution is -2.25. The van der Waals surface area contributed by atoms with Crippen LogP contribution in [-0.2, 0) is 11.3 Å². The van der Waals surface area contributed by atoms with Crippen LogP contribution in [0.4, 0.5) is 5.95 Å². The lowest BCUT2D eigenvalue weighted by atomic mass is 10.2. The van der Waals surface area contributed by atoms with Gasteiger partial charge in [-0.15, -0.1) is 10.2 Å². The van der Waals surface area contributed by atoms with E-state index in [0.29, 0.717) is 35.7 Å². The van der Waals surface area contributed by atoms with E-state index in [0.717, 1.165) is 18.7 Å². The number of fused-ring (bicyclic) bond motifs is 1. The van der Waals surface area contributed by atoms with E-state index >= 15 is 0 Å². The summed E-state index contributed by atoms with van der Waals surface area (Å²) in [5.74, 6) is 1.39. The molecule has 1 aliphatic carbocycles. The first-order chi connectivity index (χ1) is 12.2. The van der Waals surface area contributed by atoms with Crippen molar-refractivity contribution in [2.24, 2.45) is 0 Å². The van der Waals surface area contributed by atoms with Gasteiger partial charge in [-0.2, -0.15) is 4.98 Å². The molecule has 4 rings (SSSR count). The number of rotatable bonds is 6. The highest BCUT2D eigenvalue weighted by atomic mass is 16.2. The maximum Gasteiger partial charge on any atom is 0.277 e. The third-order valence-electron chi connectivity index (χ3n) is 4.12. The van der Waals surface area contributed by atoms with Crippen molar-refractivity contribution in [1.29, 1.82) is 0 Å². The van der Waals surface area contributed by atoms with Crippen molar-refractivity contribution in [1.82, 2.24) is 30.2 Å². The molecule has 0 atom stereocenters. The molecule has 2 aromatic heterocycles. The molecule has 1 aromatic carbocycles. The average Bonchev–Trinajstić information content (AvgIpc) is 3.37. The fourth-order valence-corrected chi connectivity index (χ4v) is 2.62. The molecular weight excluding hydrogens is 322 g/mol. The summed E-state index contributed by atoms with van der Waals surface area (Å²) in [6.45, 7) is 0.325. The van der Waals surface area contributed by atoms with E-state index in [4.69, 9.17) is 0 Å². The summed E-state index contributed by atoms with van der Waals surface area (Å²) < 4.78 is 1.29. The molecule has 0 radical (unpaired) electrons. The highest BCUT2D eigenvalue weighted by Gasteiger charge is 2.27. The number of aromatic nitrogens is 6. The summed E-state index contributed by atoms with van der Waals surface area (Å²) >= 11 is 0. The number of aryl methyl sites for hydroxylation is 1. The van der Waals surface area contributed by atoms with Crippen molar-refractivity contribution in [3.8, 4) is 0 Å². The highest BCUT2D eigenvalue weighted by molar-refractivity contribution is 5.88. The highest BCUT2D eigenvalue weighted by Crippen LogP contribution is 2.38. The van der Waals surface area contributed by atoms with Crippen LogP contribution >= 0.6 is 0 Å². The van der Waals surface area contributed by atoms with Crippen LogP contribution in [0.2, 0.25) is 0 Å². The van der Waals surface area contributed by atoms with E-state index in [9.17, 15) is 9.59 Å². The molecule has 2 N–H and O–H groups in total. The van der Waals surface area contributed by atoms with Crippen LogP contribution in [-0.4, -0.2) is 36.1 Å². The number of benzene rings is 1. The van der Waals surface area contributed by atoms with E-state index in [1.807, 2.05) is 6.07 Å². The van der Waals surface area contributed by atoms with Gasteiger partial charge >= 0.3 is 0 Å². The molecule has 9 nitrogen and oxygen atoms in total. The molecule has 0 unspecified atom stereocenters. The van der Waals surface area contributed by atoms with Gasteiger partial charge in [0.2, 0.25) is 11.9 Å². The van der Waals surface area contributed by atoms with Crippen molar-refractivity contribution < 1.29 is 4.79 Å². The first kappa shape index (κ1) is 15.4. The second kappa shape index (κ2) is 6.42. The molecule has 1 amide bonds. The van der Waals surface area contributed by atoms with E-state index in [-0.39, 0.29) is 17.9 Å². The lowest BCUT2D eigenvalue weighted by molar-refractivity contribution is -0.116. The predicted octanol–water partition coefficient (Wildman–Crippen LogP) is 1.21. The van der Waals surface area contributed by atoms with Crippen LogP contribution < -0.4 is 10.9 Å². The number of nitrogens with zero attached hydrogens (tertiary/aromatic N) is 5. The van der Waals surface area contributed by atoms with Crippen molar-refractivity contribution >= 4 is 22.8 Å². The monoisotopic (exact) mass is 339 g/mol. The largest absolute Gasteiger partial charge is 0.293 e. The van der Waals surface area contributed by atoms with Gasteiger partial charge in [0, 0.05) is 18.9 Å². The number of carbonyl (C=O) groups is 1. The van der Waals surface area contributed by atoms with E-state index < -0.39 is 0 Å². The molecule has 0 saturated heterocycles. The summed E-state index contributed by atoms with van der Waals surface area (Å²) in [4.78, 5) is 28.5. The molecule has 1 saturated carbocycles. The number of carbonyl (C=O) groups excluding carboxylic acids is 1. The van der Waals surface area contributed by atoms with Gasteiger partial charge in [0.1, 0.15) is 11.3 Å². The molecule has 0 spiro atoms. The van der Waals surface area contributed by atoms with Gasteiger partial charge in [-0.1, -0.05) is 17.3 Å². The smallest absolute Gasteiger partial charge is 0.277 e. The third-order valence-corrected chi connectivity index (χ3v) is 4.12. The molecule has 25 heavy (non-hydrogen) atoms. The third kappa shape index (κ3) is 3.39. The Labute approximate surface area is 142 Å². The molecule has 1 fully saturated rings. The maximum absolute atomic E-state index is 12.3. The minimum atomic E-state index is -0.200. The Morgan fingerprint density at radius 2 is 2.16 bits per heavy atom. The number of amides is 1. The zero-order valence-electron chi connectivity index (χ0n) is 13.5. The van der Waals surface area contributed by atoms with Crippen LogP contribution in [0.1, 0.15) is 37.4 Å². The maximum atomic E-state index is 12.3. The number of H-pyrrole nitrogens is 1. The minimum absolute atomic E-state index is 0.192. The Morgan fingerprint density at radius 1 is 1.32 bits per heavy atom. The van der Waals surface area contributed by atoms with Crippen molar-refractivity contribution in [2.45, 2.75) is 38.1 Å². The Balaban J connectivity index is 1.33. The molecule has 0 bridgehead atoms. The molecular formula is C16H17N7O2. The van der Waals surface area contributed by atoms with E-state index in [1.54, 1.807) is 18.2 Å². The molecule has 128 valence electrons. The Morgan fingerprint density at radius 3 is 3.00 bits per heavy atom. The van der Waals surface area contributed by atoms with Gasteiger partial charge in [0.15, 0.2) is 0 Å². The summed E-state index contributed by atoms with van der Waals surface area (Å²) in [5, 5.41) is 17.9. The number of nitrogens with one attached hydrogen (secondary N) is 2. The Hall–Kier alpha value is -3.10. The number of hydrogen-bond acceptors (Lipinski definition) is 6. The second-order valence-electron chi connectivity index (χ2n) is 6.11.